The number of hydrogen-bond donors (Lipinski definition) is 2. The molecule has 0 bridgehead atoms. The van der Waals surface area contributed by atoms with E-state index in [2.05, 4.69) is 10.6 Å². The van der Waals surface area contributed by atoms with E-state index in [1.54, 1.807) is 30.3 Å². The van der Waals surface area contributed by atoms with Crippen LogP contribution in [0.15, 0.2) is 48.5 Å². The average Bonchev–Trinajstić information content (AvgIpc) is 2.90. The normalized spacial score (nSPS) is 19.1. The summed E-state index contributed by atoms with van der Waals surface area (Å²) in [6.07, 6.45) is 0.382. The Morgan fingerprint density at radius 1 is 1.19 bits per heavy atom. The number of amides is 4. The highest BCUT2D eigenvalue weighted by molar-refractivity contribution is 6.31. The SMILES string of the molecule is CCC1(c2ccccc2)NC(=O)N(CC(=O)Nc2ccc(C)c(Cl)c2)C1=O. The molecule has 0 saturated carbocycles. The summed E-state index contributed by atoms with van der Waals surface area (Å²) in [6, 6.07) is 13.6. The van der Waals surface area contributed by atoms with Gasteiger partial charge in [-0.15, -0.1) is 0 Å². The van der Waals surface area contributed by atoms with Crippen molar-refractivity contribution in [3.8, 4) is 0 Å². The van der Waals surface area contributed by atoms with Crippen LogP contribution in [0.5, 0.6) is 0 Å². The van der Waals surface area contributed by atoms with Gasteiger partial charge >= 0.3 is 6.03 Å². The summed E-state index contributed by atoms with van der Waals surface area (Å²) in [5.74, 6) is -0.906. The second-order valence-corrected chi connectivity index (χ2v) is 6.87. The first-order chi connectivity index (χ1) is 12.9. The van der Waals surface area contributed by atoms with Crippen molar-refractivity contribution in [2.75, 3.05) is 11.9 Å². The van der Waals surface area contributed by atoms with Gasteiger partial charge in [0.1, 0.15) is 12.1 Å². The van der Waals surface area contributed by atoms with Gasteiger partial charge in [0.05, 0.1) is 0 Å². The summed E-state index contributed by atoms with van der Waals surface area (Å²) in [5.41, 5.74) is 0.942. The van der Waals surface area contributed by atoms with Crippen molar-refractivity contribution in [3.05, 3.63) is 64.7 Å². The standard InChI is InChI=1S/C20H20ClN3O3/c1-3-20(14-7-5-4-6-8-14)18(26)24(19(27)23-20)12-17(25)22-15-10-9-13(2)16(21)11-15/h4-11H,3,12H2,1-2H3,(H,22,25)(H,23,27). The van der Waals surface area contributed by atoms with Crippen LogP contribution in [0.25, 0.3) is 0 Å². The van der Waals surface area contributed by atoms with E-state index in [4.69, 9.17) is 11.6 Å². The number of imide groups is 1. The van der Waals surface area contributed by atoms with E-state index < -0.39 is 23.4 Å². The molecule has 1 atom stereocenters. The van der Waals surface area contributed by atoms with E-state index in [1.165, 1.54) is 0 Å². The topological polar surface area (TPSA) is 78.5 Å². The lowest BCUT2D eigenvalue weighted by Gasteiger charge is -2.25. The number of nitrogens with zero attached hydrogens (tertiary/aromatic N) is 1. The van der Waals surface area contributed by atoms with Crippen LogP contribution in [0.3, 0.4) is 0 Å². The fourth-order valence-corrected chi connectivity index (χ4v) is 3.33. The number of nitrogens with one attached hydrogen (secondary N) is 2. The third-order valence-corrected chi connectivity index (χ3v) is 5.14. The van der Waals surface area contributed by atoms with Crippen LogP contribution < -0.4 is 10.6 Å². The van der Waals surface area contributed by atoms with Gasteiger partial charge in [0, 0.05) is 10.7 Å². The van der Waals surface area contributed by atoms with Gasteiger partial charge in [0.25, 0.3) is 5.91 Å². The van der Waals surface area contributed by atoms with E-state index in [1.807, 2.05) is 32.0 Å². The van der Waals surface area contributed by atoms with Crippen LogP contribution in [0.2, 0.25) is 5.02 Å². The summed E-state index contributed by atoms with van der Waals surface area (Å²) in [6.45, 7) is 3.31. The Labute approximate surface area is 162 Å². The first kappa shape index (κ1) is 18.9. The second kappa shape index (κ2) is 7.40. The van der Waals surface area contributed by atoms with Crippen molar-refractivity contribution in [3.63, 3.8) is 0 Å². The van der Waals surface area contributed by atoms with Crippen LogP contribution in [-0.4, -0.2) is 29.3 Å². The van der Waals surface area contributed by atoms with E-state index in [0.717, 1.165) is 10.5 Å². The summed E-state index contributed by atoms with van der Waals surface area (Å²) in [5, 5.41) is 5.95. The minimum absolute atomic E-state index is 0.370. The molecule has 2 N–H and O–H groups in total. The fourth-order valence-electron chi connectivity index (χ4n) is 3.15. The number of benzene rings is 2. The maximum atomic E-state index is 13.0. The molecule has 27 heavy (non-hydrogen) atoms. The molecule has 6 nitrogen and oxygen atoms in total. The van der Waals surface area contributed by atoms with Crippen LogP contribution in [-0.2, 0) is 15.1 Å². The predicted octanol–water partition coefficient (Wildman–Crippen LogP) is 3.44. The lowest BCUT2D eigenvalue weighted by molar-refractivity contribution is -0.134. The minimum atomic E-state index is -1.15. The fraction of sp³-hybridized carbons (Fsp3) is 0.250. The highest BCUT2D eigenvalue weighted by atomic mass is 35.5. The van der Waals surface area contributed by atoms with Crippen LogP contribution in [0.4, 0.5) is 10.5 Å². The number of aryl methyl sites for hydroxylation is 1. The van der Waals surface area contributed by atoms with Crippen molar-refractivity contribution in [2.45, 2.75) is 25.8 Å². The van der Waals surface area contributed by atoms with E-state index >= 15 is 0 Å². The Balaban J connectivity index is 1.77. The largest absolute Gasteiger partial charge is 0.325 e. The maximum Gasteiger partial charge on any atom is 0.325 e. The molecule has 2 aromatic rings. The van der Waals surface area contributed by atoms with Crippen LogP contribution >= 0.6 is 11.6 Å². The lowest BCUT2D eigenvalue weighted by atomic mass is 9.87. The number of carbonyl (C=O) groups is 3. The van der Waals surface area contributed by atoms with E-state index in [9.17, 15) is 14.4 Å². The molecule has 1 heterocycles. The third kappa shape index (κ3) is 3.53. The molecule has 0 aromatic heterocycles. The lowest BCUT2D eigenvalue weighted by Crippen LogP contribution is -2.44. The Bertz CT molecular complexity index is 901. The monoisotopic (exact) mass is 385 g/mol. The van der Waals surface area contributed by atoms with Gasteiger partial charge < -0.3 is 10.6 Å². The van der Waals surface area contributed by atoms with Crippen molar-refractivity contribution in [1.82, 2.24) is 10.2 Å². The van der Waals surface area contributed by atoms with Crippen LogP contribution in [0, 0.1) is 6.92 Å². The first-order valence-corrected chi connectivity index (χ1v) is 9.01. The Kier molecular flexibility index (Phi) is 5.19. The predicted molar refractivity (Wildman–Crippen MR) is 103 cm³/mol. The molecule has 0 aliphatic carbocycles. The zero-order valence-electron chi connectivity index (χ0n) is 15.1. The van der Waals surface area contributed by atoms with Gasteiger partial charge in [0.15, 0.2) is 0 Å². The van der Waals surface area contributed by atoms with E-state index in [0.29, 0.717) is 22.7 Å². The molecule has 1 unspecified atom stereocenters. The smallest absolute Gasteiger partial charge is 0.324 e. The zero-order chi connectivity index (χ0) is 19.6. The Hall–Kier alpha value is -2.86. The average molecular weight is 386 g/mol. The third-order valence-electron chi connectivity index (χ3n) is 4.73. The number of halogens is 1. The number of carbonyl (C=O) groups excluding carboxylic acids is 3. The molecule has 4 amide bonds. The summed E-state index contributed by atoms with van der Waals surface area (Å²) in [7, 11) is 0. The molecule has 1 fully saturated rings. The van der Waals surface area contributed by atoms with Crippen LogP contribution in [0.1, 0.15) is 24.5 Å². The van der Waals surface area contributed by atoms with Gasteiger partial charge in [0.2, 0.25) is 5.91 Å². The number of rotatable bonds is 5. The second-order valence-electron chi connectivity index (χ2n) is 6.46. The Morgan fingerprint density at radius 3 is 2.52 bits per heavy atom. The van der Waals surface area contributed by atoms with Gasteiger partial charge in [-0.1, -0.05) is 54.9 Å². The molecule has 7 heteroatoms. The number of hydrogen-bond acceptors (Lipinski definition) is 3. The molecule has 0 spiro atoms. The molecule has 0 radical (unpaired) electrons. The summed E-state index contributed by atoms with van der Waals surface area (Å²) >= 11 is 6.06. The molecule has 3 rings (SSSR count). The van der Waals surface area contributed by atoms with E-state index in [-0.39, 0.29) is 6.54 Å². The van der Waals surface area contributed by atoms with Gasteiger partial charge in [-0.05, 0) is 36.6 Å². The quantitative estimate of drug-likeness (QED) is 0.774. The van der Waals surface area contributed by atoms with Crippen molar-refractivity contribution in [2.24, 2.45) is 0 Å². The summed E-state index contributed by atoms with van der Waals surface area (Å²) in [4.78, 5) is 38.7. The molecular weight excluding hydrogens is 366 g/mol. The summed E-state index contributed by atoms with van der Waals surface area (Å²) < 4.78 is 0. The number of urea groups is 1. The van der Waals surface area contributed by atoms with Gasteiger partial charge in [-0.3, -0.25) is 14.5 Å². The highest BCUT2D eigenvalue weighted by Gasteiger charge is 2.51. The molecule has 1 saturated heterocycles. The van der Waals surface area contributed by atoms with Crippen molar-refractivity contribution < 1.29 is 14.4 Å². The minimum Gasteiger partial charge on any atom is -0.324 e. The molecule has 1 aliphatic heterocycles. The first-order valence-electron chi connectivity index (χ1n) is 8.63. The van der Waals surface area contributed by atoms with Gasteiger partial charge in [-0.25, -0.2) is 4.79 Å². The van der Waals surface area contributed by atoms with Crippen molar-refractivity contribution in [1.29, 1.82) is 0 Å². The Morgan fingerprint density at radius 2 is 1.89 bits per heavy atom. The van der Waals surface area contributed by atoms with Crippen molar-refractivity contribution >= 4 is 35.1 Å². The zero-order valence-corrected chi connectivity index (χ0v) is 15.8. The molecule has 2 aromatic carbocycles. The van der Waals surface area contributed by atoms with Gasteiger partial charge in [-0.2, -0.15) is 0 Å². The molecular formula is C20H20ClN3O3. The highest BCUT2D eigenvalue weighted by Crippen LogP contribution is 2.32. The maximum absolute atomic E-state index is 13.0. The molecule has 1 aliphatic rings. The number of anilines is 1. The molecule has 140 valence electrons.